The molecule has 0 aliphatic rings. The highest BCUT2D eigenvalue weighted by molar-refractivity contribution is 5.87. The van der Waals surface area contributed by atoms with E-state index in [1.807, 2.05) is 6.92 Å². The third-order valence-electron chi connectivity index (χ3n) is 2.05. The Hall–Kier alpha value is -2.17. The molecular weight excluding hydrogens is 194 g/mol. The largest absolute Gasteiger partial charge is 0.478 e. The number of nitrogens with zero attached hydrogens (tertiary/aromatic N) is 3. The highest BCUT2D eigenvalue weighted by atomic mass is 16.4. The molecule has 2 heterocycles. The van der Waals surface area contributed by atoms with Gasteiger partial charge in [0.05, 0.1) is 5.56 Å². The van der Waals surface area contributed by atoms with Crippen LogP contribution in [0.2, 0.25) is 0 Å². The van der Waals surface area contributed by atoms with Crippen LogP contribution in [0.15, 0.2) is 31.0 Å². The molecule has 2 aromatic heterocycles. The Morgan fingerprint density at radius 2 is 2.33 bits per heavy atom. The van der Waals surface area contributed by atoms with E-state index in [1.165, 1.54) is 6.20 Å². The number of aryl methyl sites for hydroxylation is 1. The van der Waals surface area contributed by atoms with Gasteiger partial charge < -0.3 is 5.11 Å². The molecule has 0 spiro atoms. The molecule has 0 aromatic carbocycles. The number of carboxylic acids is 1. The molecule has 76 valence electrons. The number of pyridine rings is 1. The average molecular weight is 203 g/mol. The molecule has 2 aromatic rings. The minimum absolute atomic E-state index is 0.191. The van der Waals surface area contributed by atoms with Crippen LogP contribution in [0.4, 0.5) is 0 Å². The summed E-state index contributed by atoms with van der Waals surface area (Å²) < 4.78 is 1.74. The molecule has 0 aliphatic heterocycles. The van der Waals surface area contributed by atoms with Crippen LogP contribution in [0.3, 0.4) is 0 Å². The van der Waals surface area contributed by atoms with Crippen molar-refractivity contribution in [2.45, 2.75) is 6.92 Å². The first kappa shape index (κ1) is 9.39. The summed E-state index contributed by atoms with van der Waals surface area (Å²) >= 11 is 0. The number of carbonyl (C=O) groups is 1. The normalized spacial score (nSPS) is 10.2. The molecular formula is C10H9N3O2. The summed E-state index contributed by atoms with van der Waals surface area (Å²) in [7, 11) is 0. The summed E-state index contributed by atoms with van der Waals surface area (Å²) in [5.41, 5.74) is 0.990. The van der Waals surface area contributed by atoms with Crippen molar-refractivity contribution in [1.29, 1.82) is 0 Å². The van der Waals surface area contributed by atoms with Gasteiger partial charge in [-0.15, -0.1) is 0 Å². The van der Waals surface area contributed by atoms with E-state index >= 15 is 0 Å². The molecule has 0 unspecified atom stereocenters. The second-order valence-corrected chi connectivity index (χ2v) is 3.14. The average Bonchev–Trinajstić information content (AvgIpc) is 2.70. The van der Waals surface area contributed by atoms with E-state index in [4.69, 9.17) is 5.11 Å². The van der Waals surface area contributed by atoms with Crippen LogP contribution in [-0.2, 0) is 0 Å². The summed E-state index contributed by atoms with van der Waals surface area (Å²) in [5.74, 6) is -0.278. The Kier molecular flexibility index (Phi) is 2.21. The van der Waals surface area contributed by atoms with Crippen LogP contribution in [0.5, 0.6) is 0 Å². The van der Waals surface area contributed by atoms with Gasteiger partial charge in [-0.2, -0.15) is 0 Å². The molecule has 0 saturated heterocycles. The van der Waals surface area contributed by atoms with Gasteiger partial charge >= 0.3 is 5.97 Å². The van der Waals surface area contributed by atoms with Crippen molar-refractivity contribution in [3.8, 4) is 5.82 Å². The minimum atomic E-state index is -0.970. The molecule has 0 bridgehead atoms. The highest BCUT2D eigenvalue weighted by Crippen LogP contribution is 2.11. The molecule has 15 heavy (non-hydrogen) atoms. The molecule has 0 saturated carbocycles. The molecule has 0 radical (unpaired) electrons. The fourth-order valence-electron chi connectivity index (χ4n) is 1.34. The summed E-state index contributed by atoms with van der Waals surface area (Å²) in [5, 5.41) is 8.77. The van der Waals surface area contributed by atoms with E-state index in [0.717, 1.165) is 5.56 Å². The zero-order valence-corrected chi connectivity index (χ0v) is 8.08. The van der Waals surface area contributed by atoms with E-state index in [2.05, 4.69) is 9.97 Å². The lowest BCUT2D eigenvalue weighted by Gasteiger charge is -2.05. The number of rotatable bonds is 2. The number of hydrogen-bond donors (Lipinski definition) is 1. The number of hydrogen-bond acceptors (Lipinski definition) is 3. The van der Waals surface area contributed by atoms with Crippen molar-refractivity contribution in [3.63, 3.8) is 0 Å². The van der Waals surface area contributed by atoms with Gasteiger partial charge in [0.25, 0.3) is 0 Å². The van der Waals surface area contributed by atoms with Crippen molar-refractivity contribution in [3.05, 3.63) is 42.1 Å². The zero-order chi connectivity index (χ0) is 10.8. The molecule has 0 atom stereocenters. The number of imidazole rings is 1. The Balaban J connectivity index is 2.48. The summed E-state index contributed by atoms with van der Waals surface area (Å²) in [6, 6.07) is 1.59. The van der Waals surface area contributed by atoms with Crippen molar-refractivity contribution >= 4 is 5.97 Å². The fraction of sp³-hybridized carbons (Fsp3) is 0.100. The van der Waals surface area contributed by atoms with E-state index < -0.39 is 5.97 Å². The van der Waals surface area contributed by atoms with Crippen molar-refractivity contribution in [2.75, 3.05) is 0 Å². The number of aromatic nitrogens is 3. The van der Waals surface area contributed by atoms with E-state index in [-0.39, 0.29) is 5.56 Å². The quantitative estimate of drug-likeness (QED) is 0.798. The zero-order valence-electron chi connectivity index (χ0n) is 8.08. The van der Waals surface area contributed by atoms with Crippen LogP contribution in [-0.4, -0.2) is 25.6 Å². The van der Waals surface area contributed by atoms with Gasteiger partial charge in [-0.05, 0) is 18.6 Å². The first-order chi connectivity index (χ1) is 7.18. The number of carboxylic acid groups (broad SMARTS) is 1. The molecule has 0 aliphatic carbocycles. The van der Waals surface area contributed by atoms with E-state index in [9.17, 15) is 4.79 Å². The third kappa shape index (κ3) is 1.71. The number of aromatic carboxylic acids is 1. The second-order valence-electron chi connectivity index (χ2n) is 3.14. The Morgan fingerprint density at radius 3 is 2.87 bits per heavy atom. The topological polar surface area (TPSA) is 68.0 Å². The van der Waals surface area contributed by atoms with Crippen molar-refractivity contribution in [1.82, 2.24) is 14.5 Å². The lowest BCUT2D eigenvalue weighted by molar-refractivity contribution is 0.0696. The lowest BCUT2D eigenvalue weighted by atomic mass is 10.2. The summed E-state index contributed by atoms with van der Waals surface area (Å²) in [4.78, 5) is 18.7. The molecule has 0 amide bonds. The Labute approximate surface area is 86.0 Å². The van der Waals surface area contributed by atoms with Crippen LogP contribution in [0.25, 0.3) is 5.82 Å². The first-order valence-corrected chi connectivity index (χ1v) is 4.37. The monoisotopic (exact) mass is 203 g/mol. The Bertz CT molecular complexity index is 491. The van der Waals surface area contributed by atoms with Crippen molar-refractivity contribution < 1.29 is 9.90 Å². The molecule has 5 nitrogen and oxygen atoms in total. The maximum atomic E-state index is 10.7. The SMILES string of the molecule is Cc1cc(C(=O)O)cnc1-n1ccnc1. The van der Waals surface area contributed by atoms with Gasteiger partial charge in [-0.25, -0.2) is 14.8 Å². The first-order valence-electron chi connectivity index (χ1n) is 4.37. The van der Waals surface area contributed by atoms with Crippen molar-refractivity contribution in [2.24, 2.45) is 0 Å². The maximum Gasteiger partial charge on any atom is 0.337 e. The predicted molar refractivity (Wildman–Crippen MR) is 53.1 cm³/mol. The van der Waals surface area contributed by atoms with Crippen LogP contribution < -0.4 is 0 Å². The van der Waals surface area contributed by atoms with E-state index in [0.29, 0.717) is 5.82 Å². The highest BCUT2D eigenvalue weighted by Gasteiger charge is 2.07. The second kappa shape index (κ2) is 3.53. The molecule has 0 fully saturated rings. The smallest absolute Gasteiger partial charge is 0.337 e. The van der Waals surface area contributed by atoms with Crippen LogP contribution in [0.1, 0.15) is 15.9 Å². The van der Waals surface area contributed by atoms with Gasteiger partial charge in [-0.1, -0.05) is 0 Å². The lowest BCUT2D eigenvalue weighted by Crippen LogP contribution is -2.03. The standard InChI is InChI=1S/C10H9N3O2/c1-7-4-8(10(14)15)5-12-9(7)13-3-2-11-6-13/h2-6H,1H3,(H,14,15). The summed E-state index contributed by atoms with van der Waals surface area (Å²) in [6.07, 6.45) is 6.36. The predicted octanol–water partition coefficient (Wildman–Crippen LogP) is 1.27. The van der Waals surface area contributed by atoms with Gasteiger partial charge in [0.2, 0.25) is 0 Å². The third-order valence-corrected chi connectivity index (χ3v) is 2.05. The van der Waals surface area contributed by atoms with Gasteiger partial charge in [-0.3, -0.25) is 4.57 Å². The minimum Gasteiger partial charge on any atom is -0.478 e. The molecule has 1 N–H and O–H groups in total. The van der Waals surface area contributed by atoms with Gasteiger partial charge in [0.1, 0.15) is 12.1 Å². The molecule has 2 rings (SSSR count). The Morgan fingerprint density at radius 1 is 1.53 bits per heavy atom. The van der Waals surface area contributed by atoms with Crippen LogP contribution in [0, 0.1) is 6.92 Å². The van der Waals surface area contributed by atoms with Gasteiger partial charge in [0.15, 0.2) is 0 Å². The van der Waals surface area contributed by atoms with E-state index in [1.54, 1.807) is 29.4 Å². The van der Waals surface area contributed by atoms with Gasteiger partial charge in [0, 0.05) is 18.6 Å². The maximum absolute atomic E-state index is 10.7. The molecule has 5 heteroatoms. The fourth-order valence-corrected chi connectivity index (χ4v) is 1.34. The summed E-state index contributed by atoms with van der Waals surface area (Å²) in [6.45, 7) is 1.81. The van der Waals surface area contributed by atoms with Crippen LogP contribution >= 0.6 is 0 Å².